The van der Waals surface area contributed by atoms with Crippen molar-refractivity contribution in [3.63, 3.8) is 0 Å². The molecule has 0 spiro atoms. The number of halogens is 1. The van der Waals surface area contributed by atoms with E-state index in [1.165, 1.54) is 12.8 Å². The van der Waals surface area contributed by atoms with E-state index in [1.807, 2.05) is 23.7 Å². The lowest BCUT2D eigenvalue weighted by atomic mass is 9.58. The molecule has 206 valence electrons. The lowest BCUT2D eigenvalue weighted by molar-refractivity contribution is 0.175. The molecule has 6 rings (SSSR count). The van der Waals surface area contributed by atoms with E-state index in [0.29, 0.717) is 22.4 Å². The zero-order chi connectivity index (χ0) is 27.3. The Morgan fingerprint density at radius 3 is 2.69 bits per heavy atom. The molecule has 1 saturated heterocycles. The number of likely N-dealkylation sites (tertiary alicyclic amines) is 1. The van der Waals surface area contributed by atoms with Gasteiger partial charge >= 0.3 is 0 Å². The highest BCUT2D eigenvalue weighted by Crippen LogP contribution is 2.52. The third kappa shape index (κ3) is 4.67. The van der Waals surface area contributed by atoms with Crippen LogP contribution in [0.3, 0.4) is 0 Å². The van der Waals surface area contributed by atoms with E-state index in [0.717, 1.165) is 72.9 Å². The fraction of sp³-hybridized carbons (Fsp3) is 0.500. The van der Waals surface area contributed by atoms with Gasteiger partial charge in [0.15, 0.2) is 0 Å². The van der Waals surface area contributed by atoms with Crippen molar-refractivity contribution in [1.29, 1.82) is 0 Å². The largest absolute Gasteiger partial charge is 0.385 e. The van der Waals surface area contributed by atoms with E-state index in [-0.39, 0.29) is 11.0 Å². The number of nitrogens with one attached hydrogen (secondary N) is 2. The van der Waals surface area contributed by atoms with Gasteiger partial charge in [0.1, 0.15) is 17.7 Å². The van der Waals surface area contributed by atoms with E-state index in [4.69, 9.17) is 11.6 Å². The molecular formula is C30H38ClN7O. The summed E-state index contributed by atoms with van der Waals surface area (Å²) in [5, 5.41) is 13.5. The van der Waals surface area contributed by atoms with Crippen LogP contribution in [0, 0.1) is 11.8 Å². The summed E-state index contributed by atoms with van der Waals surface area (Å²) in [5.74, 6) is 2.24. The minimum absolute atomic E-state index is 0.0954. The number of pyridine rings is 1. The fourth-order valence-corrected chi connectivity index (χ4v) is 7.15. The van der Waals surface area contributed by atoms with Crippen molar-refractivity contribution >= 4 is 28.2 Å². The number of aryl methyl sites for hydroxylation is 1. The van der Waals surface area contributed by atoms with Gasteiger partial charge in [0.25, 0.3) is 5.56 Å². The summed E-state index contributed by atoms with van der Waals surface area (Å²) in [6, 6.07) is 8.40. The highest BCUT2D eigenvalue weighted by Gasteiger charge is 2.48. The summed E-state index contributed by atoms with van der Waals surface area (Å²) in [6.45, 7) is 10.4. The van der Waals surface area contributed by atoms with E-state index < -0.39 is 0 Å². The van der Waals surface area contributed by atoms with Gasteiger partial charge in [-0.3, -0.25) is 14.3 Å². The molecule has 1 atom stereocenters. The maximum Gasteiger partial charge on any atom is 0.279 e. The van der Waals surface area contributed by atoms with Gasteiger partial charge in [-0.05, 0) is 80.8 Å². The van der Waals surface area contributed by atoms with Crippen LogP contribution < -0.4 is 10.9 Å². The standard InChI is InChI=1S/C30H38ClN7O/c1-5-32-22-9-21(30(13-20(3)14-30)29-35-33-18-36(29)4)10-24(11-22)38-17-26(31)25-12-23(34-27(25)28(38)39)16-37-8-6-7-19(2)15-37/h9-12,17-20,32,34H,5-8,13-16H2,1-4H3/t19-,20?,30?/m0/s1. The van der Waals surface area contributed by atoms with Crippen LogP contribution in [0.5, 0.6) is 0 Å². The molecule has 1 saturated carbocycles. The molecule has 9 heteroatoms. The second kappa shape index (κ2) is 10.1. The molecule has 0 bridgehead atoms. The van der Waals surface area contributed by atoms with E-state index in [9.17, 15) is 4.79 Å². The number of piperidine rings is 1. The number of hydrogen-bond donors (Lipinski definition) is 2. The molecule has 4 aromatic rings. The van der Waals surface area contributed by atoms with Gasteiger partial charge in [-0.15, -0.1) is 10.2 Å². The number of H-pyrrole nitrogens is 1. The van der Waals surface area contributed by atoms with E-state index >= 15 is 0 Å². The van der Waals surface area contributed by atoms with E-state index in [2.05, 4.69) is 58.3 Å². The van der Waals surface area contributed by atoms with Crippen LogP contribution in [0.15, 0.2) is 41.6 Å². The first-order valence-corrected chi connectivity index (χ1v) is 14.5. The quantitative estimate of drug-likeness (QED) is 0.320. The number of rotatable bonds is 7. The summed E-state index contributed by atoms with van der Waals surface area (Å²) >= 11 is 6.82. The van der Waals surface area contributed by atoms with Gasteiger partial charge in [0.2, 0.25) is 0 Å². The summed E-state index contributed by atoms with van der Waals surface area (Å²) < 4.78 is 3.70. The minimum atomic E-state index is -0.243. The molecule has 2 aliphatic rings. The monoisotopic (exact) mass is 547 g/mol. The molecule has 1 aromatic carbocycles. The summed E-state index contributed by atoms with van der Waals surface area (Å²) in [6.07, 6.45) is 8.00. The topological polar surface area (TPSA) is 83.8 Å². The first kappa shape index (κ1) is 26.1. The number of benzene rings is 1. The highest BCUT2D eigenvalue weighted by molar-refractivity contribution is 6.35. The van der Waals surface area contributed by atoms with Crippen LogP contribution >= 0.6 is 11.6 Å². The smallest absolute Gasteiger partial charge is 0.279 e. The molecule has 1 aliphatic carbocycles. The predicted octanol–water partition coefficient (Wildman–Crippen LogP) is 5.48. The summed E-state index contributed by atoms with van der Waals surface area (Å²) in [4.78, 5) is 19.8. The number of aromatic amines is 1. The van der Waals surface area contributed by atoms with Crippen molar-refractivity contribution in [3.8, 4) is 5.69 Å². The maximum absolute atomic E-state index is 13.9. The Bertz CT molecular complexity index is 1560. The van der Waals surface area contributed by atoms with Crippen LogP contribution in [-0.4, -0.2) is 48.8 Å². The number of nitrogens with zero attached hydrogens (tertiary/aromatic N) is 5. The van der Waals surface area contributed by atoms with Gasteiger partial charge < -0.3 is 14.9 Å². The molecular weight excluding hydrogens is 510 g/mol. The highest BCUT2D eigenvalue weighted by atomic mass is 35.5. The molecule has 2 N–H and O–H groups in total. The molecule has 39 heavy (non-hydrogen) atoms. The summed E-state index contributed by atoms with van der Waals surface area (Å²) in [5.41, 5.74) is 4.15. The molecule has 0 radical (unpaired) electrons. The van der Waals surface area contributed by atoms with Crippen LogP contribution in [0.1, 0.15) is 63.5 Å². The molecule has 4 heterocycles. The number of aromatic nitrogens is 5. The zero-order valence-corrected chi connectivity index (χ0v) is 24.1. The maximum atomic E-state index is 13.9. The lowest BCUT2D eigenvalue weighted by Gasteiger charge is -2.46. The van der Waals surface area contributed by atoms with Crippen LogP contribution in [0.25, 0.3) is 16.6 Å². The average molecular weight is 548 g/mol. The van der Waals surface area contributed by atoms with Crippen molar-refractivity contribution in [2.24, 2.45) is 18.9 Å². The Morgan fingerprint density at radius 1 is 1.18 bits per heavy atom. The molecule has 3 aromatic heterocycles. The molecule has 2 fully saturated rings. The first-order valence-electron chi connectivity index (χ1n) is 14.2. The number of hydrogen-bond acceptors (Lipinski definition) is 5. The van der Waals surface area contributed by atoms with Gasteiger partial charge in [-0.1, -0.05) is 25.4 Å². The Balaban J connectivity index is 1.44. The Hall–Kier alpha value is -3.10. The normalized spacial score (nSPS) is 23.7. The van der Waals surface area contributed by atoms with Crippen LogP contribution in [-0.2, 0) is 19.0 Å². The lowest BCUT2D eigenvalue weighted by Crippen LogP contribution is -2.43. The Labute approximate surface area is 234 Å². The van der Waals surface area contributed by atoms with Crippen molar-refractivity contribution in [3.05, 3.63) is 69.2 Å². The molecule has 0 amide bonds. The summed E-state index contributed by atoms with van der Waals surface area (Å²) in [7, 11) is 2.00. The van der Waals surface area contributed by atoms with Crippen molar-refractivity contribution < 1.29 is 0 Å². The van der Waals surface area contributed by atoms with Gasteiger partial charge in [0, 0.05) is 49.6 Å². The van der Waals surface area contributed by atoms with Gasteiger partial charge in [-0.2, -0.15) is 0 Å². The Kier molecular flexibility index (Phi) is 6.79. The Morgan fingerprint density at radius 2 is 2.00 bits per heavy atom. The second-order valence-electron chi connectivity index (χ2n) is 11.9. The third-order valence-electron chi connectivity index (χ3n) is 8.60. The predicted molar refractivity (Wildman–Crippen MR) is 157 cm³/mol. The van der Waals surface area contributed by atoms with Gasteiger partial charge in [0.05, 0.1) is 16.1 Å². The van der Waals surface area contributed by atoms with Crippen LogP contribution in [0.2, 0.25) is 5.02 Å². The van der Waals surface area contributed by atoms with Crippen LogP contribution in [0.4, 0.5) is 5.69 Å². The van der Waals surface area contributed by atoms with Gasteiger partial charge in [-0.25, -0.2) is 0 Å². The third-order valence-corrected chi connectivity index (χ3v) is 8.90. The second-order valence-corrected chi connectivity index (χ2v) is 12.3. The SMILES string of the molecule is CCNc1cc(-n2cc(Cl)c3cc(CN4CCC[C@H](C)C4)[nH]c3c2=O)cc(C2(c3nncn3C)CC(C)C2)c1. The minimum Gasteiger partial charge on any atom is -0.385 e. The van der Waals surface area contributed by atoms with Crippen molar-refractivity contribution in [1.82, 2.24) is 29.2 Å². The van der Waals surface area contributed by atoms with Crippen molar-refractivity contribution in [2.75, 3.05) is 25.0 Å². The van der Waals surface area contributed by atoms with E-state index in [1.54, 1.807) is 17.1 Å². The van der Waals surface area contributed by atoms with Crippen molar-refractivity contribution in [2.45, 2.75) is 58.4 Å². The molecule has 8 nitrogen and oxygen atoms in total. The molecule has 0 unspecified atom stereocenters. The first-order chi connectivity index (χ1) is 18.8. The zero-order valence-electron chi connectivity index (χ0n) is 23.3. The average Bonchev–Trinajstić information content (AvgIpc) is 3.51. The molecule has 1 aliphatic heterocycles. The number of fused-ring (bicyclic) bond motifs is 1. The fourth-order valence-electron chi connectivity index (χ4n) is 6.90. The number of anilines is 1.